The van der Waals surface area contributed by atoms with Crippen molar-refractivity contribution in [3.8, 4) is 0 Å². The minimum absolute atomic E-state index is 0. The molecule has 0 aliphatic heterocycles. The monoisotopic (exact) mass is 297 g/mol. The van der Waals surface area contributed by atoms with Crippen LogP contribution in [-0.4, -0.2) is 10.4 Å². The Balaban J connectivity index is 0.00000176. The lowest BCUT2D eigenvalue weighted by Crippen LogP contribution is -2.15. The lowest BCUT2D eigenvalue weighted by molar-refractivity contribution is 0.0983. The van der Waals surface area contributed by atoms with Crippen molar-refractivity contribution in [3.63, 3.8) is 0 Å². The summed E-state index contributed by atoms with van der Waals surface area (Å²) >= 11 is 0. The molecule has 3 rings (SSSR count). The molecule has 0 N–H and O–H groups in total. The van der Waals surface area contributed by atoms with Gasteiger partial charge in [0, 0.05) is 18.7 Å². The highest BCUT2D eigenvalue weighted by Gasteiger charge is 2.25. The molecule has 118 valence electrons. The third kappa shape index (κ3) is 3.68. The van der Waals surface area contributed by atoms with Gasteiger partial charge in [0.15, 0.2) is 5.78 Å². The van der Waals surface area contributed by atoms with E-state index in [4.69, 9.17) is 0 Å². The first-order valence-electron chi connectivity index (χ1n) is 7.91. The number of Topliss-reactive ketones (excluding diaryl/α,β-unsaturated/α-hetero) is 1. The summed E-state index contributed by atoms with van der Waals surface area (Å²) in [5.41, 5.74) is 3.26. The molecular formula is C20H27NO. The van der Waals surface area contributed by atoms with Crippen LogP contribution in [0.3, 0.4) is 0 Å². The van der Waals surface area contributed by atoms with Gasteiger partial charge < -0.3 is 4.57 Å². The average molecular weight is 297 g/mol. The quantitative estimate of drug-likeness (QED) is 0.681. The van der Waals surface area contributed by atoms with E-state index < -0.39 is 0 Å². The van der Waals surface area contributed by atoms with E-state index in [1.807, 2.05) is 36.4 Å². The maximum absolute atomic E-state index is 12.7. The fourth-order valence-electron chi connectivity index (χ4n) is 2.87. The number of benzene rings is 1. The van der Waals surface area contributed by atoms with Gasteiger partial charge in [0.05, 0.1) is 5.69 Å². The lowest BCUT2D eigenvalue weighted by atomic mass is 10.1. The van der Waals surface area contributed by atoms with Gasteiger partial charge in [0.1, 0.15) is 0 Å². The first kappa shape index (κ1) is 16.5. The van der Waals surface area contributed by atoms with E-state index >= 15 is 0 Å². The van der Waals surface area contributed by atoms with Crippen LogP contribution in [0.5, 0.6) is 0 Å². The van der Waals surface area contributed by atoms with Crippen molar-refractivity contribution in [1.82, 2.24) is 4.57 Å². The Hall–Kier alpha value is -1.83. The highest BCUT2D eigenvalue weighted by atomic mass is 16.1. The topological polar surface area (TPSA) is 22.0 Å². The third-order valence-corrected chi connectivity index (χ3v) is 4.24. The predicted octanol–water partition coefficient (Wildman–Crippen LogP) is 5.08. The van der Waals surface area contributed by atoms with Gasteiger partial charge >= 0.3 is 0 Å². The van der Waals surface area contributed by atoms with Gasteiger partial charge in [-0.2, -0.15) is 0 Å². The molecule has 1 heterocycles. The van der Waals surface area contributed by atoms with Gasteiger partial charge in [-0.05, 0) is 42.4 Å². The summed E-state index contributed by atoms with van der Waals surface area (Å²) in [7, 11) is 0. The zero-order chi connectivity index (χ0) is 14.8. The van der Waals surface area contributed by atoms with Crippen molar-refractivity contribution in [3.05, 3.63) is 59.4 Å². The number of hydrogen-bond donors (Lipinski definition) is 0. The molecule has 1 aliphatic rings. The summed E-state index contributed by atoms with van der Waals surface area (Å²) in [6.45, 7) is 5.41. The Kier molecular flexibility index (Phi) is 5.23. The predicted molar refractivity (Wildman–Crippen MR) is 92.5 cm³/mol. The highest BCUT2D eigenvalue weighted by Crippen LogP contribution is 2.33. The smallest absolute Gasteiger partial charge is 0.183 e. The summed E-state index contributed by atoms with van der Waals surface area (Å²) in [4.78, 5) is 12.7. The molecule has 1 aromatic carbocycles. The van der Waals surface area contributed by atoms with Crippen molar-refractivity contribution in [2.45, 2.75) is 53.0 Å². The number of ketones is 1. The minimum Gasteiger partial charge on any atom is -0.342 e. The van der Waals surface area contributed by atoms with Gasteiger partial charge in [-0.3, -0.25) is 4.79 Å². The molecule has 1 fully saturated rings. The fraction of sp³-hybridized carbons (Fsp3) is 0.450. The van der Waals surface area contributed by atoms with E-state index in [2.05, 4.69) is 24.5 Å². The summed E-state index contributed by atoms with van der Waals surface area (Å²) < 4.78 is 2.27. The zero-order valence-corrected chi connectivity index (χ0v) is 12.9. The molecule has 2 nitrogen and oxygen atoms in total. The van der Waals surface area contributed by atoms with Crippen LogP contribution < -0.4 is 0 Å². The first-order valence-corrected chi connectivity index (χ1v) is 7.91. The molecule has 1 aromatic heterocycles. The summed E-state index contributed by atoms with van der Waals surface area (Å²) in [6, 6.07) is 14.2. The zero-order valence-electron chi connectivity index (χ0n) is 12.9. The molecule has 0 unspecified atom stereocenters. The second kappa shape index (κ2) is 6.95. The van der Waals surface area contributed by atoms with Crippen LogP contribution in [0.4, 0.5) is 0 Å². The second-order valence-corrected chi connectivity index (χ2v) is 6.44. The summed E-state index contributed by atoms with van der Waals surface area (Å²) in [5, 5.41) is 0. The minimum atomic E-state index is 0. The molecule has 2 heteroatoms. The Morgan fingerprint density at radius 3 is 2.41 bits per heavy atom. The van der Waals surface area contributed by atoms with Crippen LogP contribution in [0.2, 0.25) is 0 Å². The van der Waals surface area contributed by atoms with Crippen molar-refractivity contribution < 1.29 is 4.79 Å². The molecule has 0 saturated heterocycles. The van der Waals surface area contributed by atoms with Crippen LogP contribution in [0.1, 0.15) is 61.8 Å². The summed E-state index contributed by atoms with van der Waals surface area (Å²) in [6.07, 6.45) is 3.11. The van der Waals surface area contributed by atoms with Crippen LogP contribution in [-0.2, 0) is 13.0 Å². The van der Waals surface area contributed by atoms with E-state index in [9.17, 15) is 4.79 Å². The summed E-state index contributed by atoms with van der Waals surface area (Å²) in [5.74, 6) is 1.47. The van der Waals surface area contributed by atoms with E-state index in [1.54, 1.807) is 0 Å². The van der Waals surface area contributed by atoms with Crippen LogP contribution in [0.25, 0.3) is 0 Å². The molecule has 1 aliphatic carbocycles. The number of carbonyl (C=O) groups excluding carboxylic acids is 1. The van der Waals surface area contributed by atoms with Gasteiger partial charge in [-0.25, -0.2) is 0 Å². The van der Waals surface area contributed by atoms with Crippen molar-refractivity contribution in [1.29, 1.82) is 0 Å². The van der Waals surface area contributed by atoms with E-state index in [1.165, 1.54) is 18.5 Å². The van der Waals surface area contributed by atoms with Gasteiger partial charge in [-0.15, -0.1) is 0 Å². The third-order valence-electron chi connectivity index (χ3n) is 4.24. The second-order valence-electron chi connectivity index (χ2n) is 6.44. The lowest BCUT2D eigenvalue weighted by Gasteiger charge is -2.15. The molecule has 0 spiro atoms. The van der Waals surface area contributed by atoms with Crippen molar-refractivity contribution in [2.75, 3.05) is 0 Å². The van der Waals surface area contributed by atoms with E-state index in [0.29, 0.717) is 12.3 Å². The van der Waals surface area contributed by atoms with E-state index in [0.717, 1.165) is 23.7 Å². The number of aromatic nitrogens is 1. The largest absolute Gasteiger partial charge is 0.342 e. The Morgan fingerprint density at radius 1 is 1.14 bits per heavy atom. The van der Waals surface area contributed by atoms with Crippen LogP contribution in [0, 0.1) is 5.92 Å². The normalized spacial score (nSPS) is 14.0. The van der Waals surface area contributed by atoms with Crippen LogP contribution >= 0.6 is 0 Å². The maximum Gasteiger partial charge on any atom is 0.183 e. The molecular weight excluding hydrogens is 270 g/mol. The maximum atomic E-state index is 12.7. The number of rotatable bonds is 6. The number of hydrogen-bond acceptors (Lipinski definition) is 1. The standard InChI is InChI=1S/C19H23NO.CH4/c1-14(2)17-10-11-18(20(17)13-16-8-9-16)19(21)12-15-6-4-3-5-7-15;/h3-7,10-11,14,16H,8-9,12-13H2,1-2H3;1H4. The van der Waals surface area contributed by atoms with Crippen molar-refractivity contribution >= 4 is 5.78 Å². The van der Waals surface area contributed by atoms with Crippen molar-refractivity contribution in [2.24, 2.45) is 5.92 Å². The Bertz CT molecular complexity index is 620. The highest BCUT2D eigenvalue weighted by molar-refractivity contribution is 5.96. The van der Waals surface area contributed by atoms with Crippen LogP contribution in [0.15, 0.2) is 42.5 Å². The van der Waals surface area contributed by atoms with Gasteiger partial charge in [0.2, 0.25) is 0 Å². The Morgan fingerprint density at radius 2 is 1.82 bits per heavy atom. The fourth-order valence-corrected chi connectivity index (χ4v) is 2.87. The molecule has 0 radical (unpaired) electrons. The molecule has 0 amide bonds. The van der Waals surface area contributed by atoms with Gasteiger partial charge in [0.25, 0.3) is 0 Å². The Labute approximate surface area is 134 Å². The molecule has 0 atom stereocenters. The number of nitrogens with zero attached hydrogens (tertiary/aromatic N) is 1. The molecule has 1 saturated carbocycles. The average Bonchev–Trinajstić information content (AvgIpc) is 3.17. The van der Waals surface area contributed by atoms with Gasteiger partial charge in [-0.1, -0.05) is 51.6 Å². The molecule has 2 aromatic rings. The number of carbonyl (C=O) groups is 1. The molecule has 22 heavy (non-hydrogen) atoms. The molecule has 0 bridgehead atoms. The first-order chi connectivity index (χ1) is 10.1. The SMILES string of the molecule is C.CC(C)c1ccc(C(=O)Cc2ccccc2)n1CC1CC1. The van der Waals surface area contributed by atoms with E-state index in [-0.39, 0.29) is 13.2 Å².